The number of benzene rings is 1. The van der Waals surface area contributed by atoms with Crippen LogP contribution in [-0.4, -0.2) is 18.0 Å². The maximum absolute atomic E-state index is 13.6. The molecule has 1 atom stereocenters. The van der Waals surface area contributed by atoms with E-state index in [0.717, 1.165) is 29.3 Å². The molecular formula is C18H18F3NO3S. The van der Waals surface area contributed by atoms with E-state index in [0.29, 0.717) is 10.9 Å². The van der Waals surface area contributed by atoms with E-state index < -0.39 is 41.1 Å². The quantitative estimate of drug-likeness (QED) is 0.584. The van der Waals surface area contributed by atoms with Crippen LogP contribution in [-0.2, 0) is 16.0 Å². The fourth-order valence-electron chi connectivity index (χ4n) is 2.27. The first-order valence-electron chi connectivity index (χ1n) is 7.99. The van der Waals surface area contributed by atoms with Crippen LogP contribution in [0.4, 0.5) is 18.9 Å². The predicted octanol–water partition coefficient (Wildman–Crippen LogP) is 4.61. The van der Waals surface area contributed by atoms with E-state index in [2.05, 4.69) is 5.32 Å². The molecule has 1 heterocycles. The van der Waals surface area contributed by atoms with Crippen molar-refractivity contribution in [2.75, 3.05) is 5.32 Å². The molecule has 0 aliphatic rings. The number of hydrogen-bond donors (Lipinski definition) is 1. The van der Waals surface area contributed by atoms with Crippen molar-refractivity contribution in [3.05, 3.63) is 51.0 Å². The predicted molar refractivity (Wildman–Crippen MR) is 92.9 cm³/mol. The number of carbonyl (C=O) groups excluding carboxylic acids is 2. The van der Waals surface area contributed by atoms with Crippen LogP contribution in [0.25, 0.3) is 0 Å². The van der Waals surface area contributed by atoms with Crippen molar-refractivity contribution in [3.8, 4) is 0 Å². The van der Waals surface area contributed by atoms with Gasteiger partial charge >= 0.3 is 5.97 Å². The number of hydrogen-bond acceptors (Lipinski definition) is 4. The van der Waals surface area contributed by atoms with Crippen LogP contribution in [0.3, 0.4) is 0 Å². The zero-order valence-electron chi connectivity index (χ0n) is 14.5. The number of ether oxygens (including phenoxy) is 1. The maximum atomic E-state index is 13.6. The molecule has 8 heteroatoms. The van der Waals surface area contributed by atoms with Gasteiger partial charge in [-0.25, -0.2) is 18.0 Å². The van der Waals surface area contributed by atoms with Gasteiger partial charge in [0.15, 0.2) is 23.6 Å². The van der Waals surface area contributed by atoms with Gasteiger partial charge < -0.3 is 10.1 Å². The fraction of sp³-hybridized carbons (Fsp3) is 0.333. The molecule has 26 heavy (non-hydrogen) atoms. The van der Waals surface area contributed by atoms with Crippen LogP contribution in [0.15, 0.2) is 18.2 Å². The molecule has 1 amide bonds. The van der Waals surface area contributed by atoms with Gasteiger partial charge in [0, 0.05) is 4.88 Å². The lowest BCUT2D eigenvalue weighted by Gasteiger charge is -2.13. The number of amides is 1. The van der Waals surface area contributed by atoms with Crippen molar-refractivity contribution in [1.29, 1.82) is 0 Å². The van der Waals surface area contributed by atoms with E-state index in [1.165, 1.54) is 18.3 Å². The highest BCUT2D eigenvalue weighted by Crippen LogP contribution is 2.24. The summed E-state index contributed by atoms with van der Waals surface area (Å²) in [6, 6.07) is 3.31. The molecule has 0 saturated carbocycles. The lowest BCUT2D eigenvalue weighted by atomic mass is 10.1. The molecule has 1 aromatic carbocycles. The molecule has 0 aliphatic carbocycles. The summed E-state index contributed by atoms with van der Waals surface area (Å²) in [6.07, 6.45) is 0.526. The number of halogens is 3. The van der Waals surface area contributed by atoms with Gasteiger partial charge in [-0.15, -0.1) is 11.3 Å². The zero-order valence-corrected chi connectivity index (χ0v) is 15.3. The second kappa shape index (κ2) is 8.35. The Labute approximate surface area is 153 Å². The molecule has 1 N–H and O–H groups in total. The minimum Gasteiger partial charge on any atom is -0.448 e. The second-order valence-electron chi connectivity index (χ2n) is 5.70. The molecule has 0 fully saturated rings. The van der Waals surface area contributed by atoms with Crippen LogP contribution < -0.4 is 5.32 Å². The van der Waals surface area contributed by atoms with Crippen molar-refractivity contribution >= 4 is 28.9 Å². The van der Waals surface area contributed by atoms with Crippen LogP contribution in [0.5, 0.6) is 0 Å². The first-order valence-corrected chi connectivity index (χ1v) is 8.80. The van der Waals surface area contributed by atoms with E-state index in [1.807, 2.05) is 13.8 Å². The molecular weight excluding hydrogens is 367 g/mol. The summed E-state index contributed by atoms with van der Waals surface area (Å²) in [5, 5.41) is 2.08. The average molecular weight is 385 g/mol. The Kier molecular flexibility index (Phi) is 6.42. The average Bonchev–Trinajstić information content (AvgIpc) is 2.96. The normalized spacial score (nSPS) is 11.9. The third-order valence-corrected chi connectivity index (χ3v) is 4.76. The number of aryl methyl sites for hydroxylation is 2. The third-order valence-electron chi connectivity index (χ3n) is 3.69. The highest BCUT2D eigenvalue weighted by molar-refractivity contribution is 7.14. The lowest BCUT2D eigenvalue weighted by molar-refractivity contribution is -0.123. The largest absolute Gasteiger partial charge is 0.448 e. The molecule has 0 spiro atoms. The Balaban J connectivity index is 2.04. The topological polar surface area (TPSA) is 55.4 Å². The number of anilines is 1. The highest BCUT2D eigenvalue weighted by Gasteiger charge is 2.23. The van der Waals surface area contributed by atoms with Crippen LogP contribution in [0.1, 0.15) is 40.4 Å². The molecule has 0 radical (unpaired) electrons. The number of thiophene rings is 1. The molecule has 4 nitrogen and oxygen atoms in total. The molecule has 0 aliphatic heterocycles. The number of nitrogens with one attached hydrogen (secondary N) is 1. The molecule has 0 bridgehead atoms. The number of carbonyl (C=O) groups is 2. The summed E-state index contributed by atoms with van der Waals surface area (Å²) in [6.45, 7) is 5.23. The van der Waals surface area contributed by atoms with Crippen molar-refractivity contribution in [2.24, 2.45) is 0 Å². The third kappa shape index (κ3) is 4.43. The fourth-order valence-corrected chi connectivity index (χ4v) is 3.22. The Morgan fingerprint density at radius 1 is 1.23 bits per heavy atom. The molecule has 0 saturated heterocycles. The lowest BCUT2D eigenvalue weighted by Crippen LogP contribution is -2.30. The van der Waals surface area contributed by atoms with Gasteiger partial charge in [-0.1, -0.05) is 13.3 Å². The number of rotatable bonds is 6. The standard InChI is InChI=1S/C18H18F3NO3S/c1-4-5-11-8-14(26-10(11)3)18(24)25-9(2)17(23)22-13-7-6-12(19)15(20)16(13)21/h6-9H,4-5H2,1-3H3,(H,22,23)/t9-/m0/s1. The van der Waals surface area contributed by atoms with E-state index in [9.17, 15) is 22.8 Å². The second-order valence-corrected chi connectivity index (χ2v) is 6.96. The van der Waals surface area contributed by atoms with E-state index in [4.69, 9.17) is 4.74 Å². The molecule has 2 aromatic rings. The van der Waals surface area contributed by atoms with Gasteiger partial charge in [-0.3, -0.25) is 4.79 Å². The van der Waals surface area contributed by atoms with Crippen LogP contribution in [0, 0.1) is 24.4 Å². The Bertz CT molecular complexity index is 835. The van der Waals surface area contributed by atoms with Gasteiger partial charge in [0.05, 0.1) is 5.69 Å². The number of esters is 1. The summed E-state index contributed by atoms with van der Waals surface area (Å²) in [5.74, 6) is -6.10. The minimum absolute atomic E-state index is 0.365. The maximum Gasteiger partial charge on any atom is 0.349 e. The van der Waals surface area contributed by atoms with Gasteiger partial charge in [-0.05, 0) is 44.0 Å². The summed E-state index contributed by atoms with van der Waals surface area (Å²) < 4.78 is 44.8. The smallest absolute Gasteiger partial charge is 0.349 e. The monoisotopic (exact) mass is 385 g/mol. The van der Waals surface area contributed by atoms with Crippen molar-refractivity contribution in [2.45, 2.75) is 39.7 Å². The van der Waals surface area contributed by atoms with Crippen molar-refractivity contribution in [1.82, 2.24) is 0 Å². The van der Waals surface area contributed by atoms with Gasteiger partial charge in [0.1, 0.15) is 4.88 Å². The molecule has 1 aromatic heterocycles. The summed E-state index contributed by atoms with van der Waals surface area (Å²) in [5.41, 5.74) is 0.513. The van der Waals surface area contributed by atoms with E-state index in [1.54, 1.807) is 6.07 Å². The Hall–Kier alpha value is -2.35. The highest BCUT2D eigenvalue weighted by atomic mass is 32.1. The summed E-state index contributed by atoms with van der Waals surface area (Å²) in [7, 11) is 0. The molecule has 140 valence electrons. The van der Waals surface area contributed by atoms with Gasteiger partial charge in [0.2, 0.25) is 0 Å². The van der Waals surface area contributed by atoms with Crippen LogP contribution >= 0.6 is 11.3 Å². The zero-order chi connectivity index (χ0) is 19.4. The van der Waals surface area contributed by atoms with Crippen molar-refractivity contribution < 1.29 is 27.5 Å². The molecule has 0 unspecified atom stereocenters. The SMILES string of the molecule is CCCc1cc(C(=O)O[C@@H](C)C(=O)Nc2ccc(F)c(F)c2F)sc1C. The van der Waals surface area contributed by atoms with E-state index in [-0.39, 0.29) is 0 Å². The molecule has 2 rings (SSSR count). The van der Waals surface area contributed by atoms with E-state index >= 15 is 0 Å². The van der Waals surface area contributed by atoms with Crippen LogP contribution in [0.2, 0.25) is 0 Å². The van der Waals surface area contributed by atoms with Crippen molar-refractivity contribution in [3.63, 3.8) is 0 Å². The minimum atomic E-state index is -1.69. The summed E-state index contributed by atoms with van der Waals surface area (Å²) in [4.78, 5) is 25.6. The summed E-state index contributed by atoms with van der Waals surface area (Å²) >= 11 is 1.27. The Morgan fingerprint density at radius 2 is 1.92 bits per heavy atom. The van der Waals surface area contributed by atoms with Gasteiger partial charge in [-0.2, -0.15) is 0 Å². The van der Waals surface area contributed by atoms with Gasteiger partial charge in [0.25, 0.3) is 5.91 Å². The first kappa shape index (κ1) is 20.0. The Morgan fingerprint density at radius 3 is 2.58 bits per heavy atom. The first-order chi connectivity index (χ1) is 12.2.